The van der Waals surface area contributed by atoms with Crippen molar-refractivity contribution >= 4 is 22.6 Å². The number of halogens is 1. The molecule has 2 N–H and O–H groups in total. The van der Waals surface area contributed by atoms with Gasteiger partial charge >= 0.3 is 0 Å². The Bertz CT molecular complexity index is 264. The summed E-state index contributed by atoms with van der Waals surface area (Å²) >= 11 is 2.30. The minimum absolute atomic E-state index is 0.0321. The molecular formula is C8H9IN2. The van der Waals surface area contributed by atoms with Crippen molar-refractivity contribution in [3.8, 4) is 0 Å². The fourth-order valence-electron chi connectivity index (χ4n) is 1.02. The van der Waals surface area contributed by atoms with Crippen LogP contribution in [0, 0.1) is 3.57 Å². The monoisotopic (exact) mass is 260 g/mol. The van der Waals surface area contributed by atoms with Gasteiger partial charge in [0.25, 0.3) is 0 Å². The number of hydrogen-bond acceptors (Lipinski definition) is 2. The summed E-state index contributed by atoms with van der Waals surface area (Å²) < 4.78 is 1.27. The number of benzene rings is 1. The van der Waals surface area contributed by atoms with Crippen molar-refractivity contribution in [3.63, 3.8) is 0 Å². The maximum Gasteiger partial charge on any atom is 0.117 e. The van der Waals surface area contributed by atoms with E-state index in [-0.39, 0.29) is 5.66 Å². The molecule has 1 aliphatic rings. The van der Waals surface area contributed by atoms with Crippen molar-refractivity contribution in [3.05, 3.63) is 33.4 Å². The molecule has 1 saturated heterocycles. The fraction of sp³-hybridized carbons (Fsp3) is 0.250. The average molecular weight is 260 g/mol. The molecular weight excluding hydrogens is 251 g/mol. The van der Waals surface area contributed by atoms with Gasteiger partial charge in [-0.3, -0.25) is 0 Å². The number of hydrazine groups is 1. The van der Waals surface area contributed by atoms with Crippen molar-refractivity contribution in [2.45, 2.75) is 12.6 Å². The highest BCUT2D eigenvalue weighted by atomic mass is 127. The summed E-state index contributed by atoms with van der Waals surface area (Å²) in [6.45, 7) is 2.12. The predicted molar refractivity (Wildman–Crippen MR) is 52.8 cm³/mol. The lowest BCUT2D eigenvalue weighted by molar-refractivity contribution is 0.735. The Labute approximate surface area is 79.5 Å². The molecule has 1 aromatic carbocycles. The molecule has 0 spiro atoms. The standard InChI is InChI=1S/C8H9IN2/c1-8(10-11-8)6-2-4-7(9)5-3-6/h2-5,10-11H,1H3. The Kier molecular flexibility index (Phi) is 1.66. The third kappa shape index (κ3) is 1.40. The largest absolute Gasteiger partial charge is 0.231 e. The van der Waals surface area contributed by atoms with Crippen molar-refractivity contribution in [2.24, 2.45) is 0 Å². The minimum atomic E-state index is 0.0321. The van der Waals surface area contributed by atoms with E-state index >= 15 is 0 Å². The van der Waals surface area contributed by atoms with Crippen LogP contribution in [0.2, 0.25) is 0 Å². The third-order valence-electron chi connectivity index (χ3n) is 1.92. The van der Waals surface area contributed by atoms with Gasteiger partial charge in [0.2, 0.25) is 0 Å². The van der Waals surface area contributed by atoms with Crippen molar-refractivity contribution in [1.82, 2.24) is 10.9 Å². The maximum atomic E-state index is 3.09. The average Bonchev–Trinajstić information content (AvgIpc) is 2.70. The van der Waals surface area contributed by atoms with E-state index in [1.165, 1.54) is 9.13 Å². The molecule has 1 aliphatic heterocycles. The first-order chi connectivity index (χ1) is 5.21. The molecule has 0 amide bonds. The van der Waals surface area contributed by atoms with Gasteiger partial charge in [-0.1, -0.05) is 12.1 Å². The predicted octanol–water partition coefficient (Wildman–Crippen LogP) is 1.57. The first-order valence-corrected chi connectivity index (χ1v) is 4.59. The normalized spacial score (nSPS) is 19.8. The Balaban J connectivity index is 2.33. The number of nitrogens with one attached hydrogen (secondary N) is 2. The van der Waals surface area contributed by atoms with Crippen LogP contribution in [0.1, 0.15) is 12.5 Å². The van der Waals surface area contributed by atoms with Crippen LogP contribution in [0.25, 0.3) is 0 Å². The third-order valence-corrected chi connectivity index (χ3v) is 2.64. The lowest BCUT2D eigenvalue weighted by Gasteiger charge is -2.03. The van der Waals surface area contributed by atoms with E-state index in [9.17, 15) is 0 Å². The second kappa shape index (κ2) is 2.43. The van der Waals surface area contributed by atoms with Crippen LogP contribution in [-0.2, 0) is 5.66 Å². The van der Waals surface area contributed by atoms with E-state index in [4.69, 9.17) is 0 Å². The first kappa shape index (κ1) is 7.52. The zero-order valence-electron chi connectivity index (χ0n) is 6.19. The van der Waals surface area contributed by atoms with Crippen molar-refractivity contribution in [1.29, 1.82) is 0 Å². The summed E-state index contributed by atoms with van der Waals surface area (Å²) in [5.74, 6) is 0. The van der Waals surface area contributed by atoms with Crippen LogP contribution in [-0.4, -0.2) is 0 Å². The summed E-state index contributed by atoms with van der Waals surface area (Å²) in [6, 6.07) is 8.50. The number of rotatable bonds is 1. The van der Waals surface area contributed by atoms with Gasteiger partial charge in [0, 0.05) is 3.57 Å². The van der Waals surface area contributed by atoms with Gasteiger partial charge in [-0.05, 0) is 47.2 Å². The van der Waals surface area contributed by atoms with Crippen LogP contribution in [0.5, 0.6) is 0 Å². The van der Waals surface area contributed by atoms with Crippen LogP contribution in [0.4, 0.5) is 0 Å². The van der Waals surface area contributed by atoms with E-state index in [1.54, 1.807) is 0 Å². The highest BCUT2D eigenvalue weighted by molar-refractivity contribution is 14.1. The molecule has 0 saturated carbocycles. The van der Waals surface area contributed by atoms with E-state index in [0.717, 1.165) is 0 Å². The van der Waals surface area contributed by atoms with E-state index in [1.807, 2.05) is 0 Å². The summed E-state index contributed by atoms with van der Waals surface area (Å²) in [4.78, 5) is 0. The van der Waals surface area contributed by atoms with E-state index in [0.29, 0.717) is 0 Å². The lowest BCUT2D eigenvalue weighted by atomic mass is 10.1. The molecule has 2 rings (SSSR count). The second-order valence-electron chi connectivity index (χ2n) is 2.88. The zero-order valence-corrected chi connectivity index (χ0v) is 8.34. The molecule has 0 radical (unpaired) electrons. The summed E-state index contributed by atoms with van der Waals surface area (Å²) in [5.41, 5.74) is 7.51. The molecule has 0 aromatic heterocycles. The van der Waals surface area contributed by atoms with Crippen molar-refractivity contribution < 1.29 is 0 Å². The molecule has 2 nitrogen and oxygen atoms in total. The van der Waals surface area contributed by atoms with Gasteiger partial charge in [-0.25, -0.2) is 10.9 Å². The highest BCUT2D eigenvalue weighted by Crippen LogP contribution is 2.24. The minimum Gasteiger partial charge on any atom is -0.231 e. The van der Waals surface area contributed by atoms with Crippen LogP contribution < -0.4 is 10.9 Å². The molecule has 1 heterocycles. The Morgan fingerprint density at radius 2 is 1.73 bits per heavy atom. The fourth-order valence-corrected chi connectivity index (χ4v) is 1.38. The zero-order chi connectivity index (χ0) is 7.90. The molecule has 0 atom stereocenters. The van der Waals surface area contributed by atoms with E-state index < -0.39 is 0 Å². The lowest BCUT2D eigenvalue weighted by Crippen LogP contribution is -2.07. The SMILES string of the molecule is CC1(c2ccc(I)cc2)NN1. The molecule has 0 unspecified atom stereocenters. The smallest absolute Gasteiger partial charge is 0.117 e. The molecule has 1 fully saturated rings. The molecule has 11 heavy (non-hydrogen) atoms. The van der Waals surface area contributed by atoms with Crippen LogP contribution >= 0.6 is 22.6 Å². The molecule has 1 aromatic rings. The summed E-state index contributed by atoms with van der Waals surface area (Å²) in [5, 5.41) is 0. The quantitative estimate of drug-likeness (QED) is 0.594. The van der Waals surface area contributed by atoms with Gasteiger partial charge in [0.05, 0.1) is 0 Å². The summed E-state index contributed by atoms with van der Waals surface area (Å²) in [6.07, 6.45) is 0. The topological polar surface area (TPSA) is 43.9 Å². The second-order valence-corrected chi connectivity index (χ2v) is 4.13. The Morgan fingerprint density at radius 1 is 1.18 bits per heavy atom. The van der Waals surface area contributed by atoms with E-state index in [2.05, 4.69) is 64.6 Å². The first-order valence-electron chi connectivity index (χ1n) is 3.51. The molecule has 0 aliphatic carbocycles. The van der Waals surface area contributed by atoms with Crippen LogP contribution in [0.15, 0.2) is 24.3 Å². The van der Waals surface area contributed by atoms with Gasteiger partial charge in [0.15, 0.2) is 0 Å². The molecule has 0 bridgehead atoms. The molecule has 58 valence electrons. The highest BCUT2D eigenvalue weighted by Gasteiger charge is 2.37. The Morgan fingerprint density at radius 3 is 2.18 bits per heavy atom. The van der Waals surface area contributed by atoms with Gasteiger partial charge in [0.1, 0.15) is 5.66 Å². The van der Waals surface area contributed by atoms with Gasteiger partial charge < -0.3 is 0 Å². The Hall–Kier alpha value is -0.130. The van der Waals surface area contributed by atoms with Crippen molar-refractivity contribution in [2.75, 3.05) is 0 Å². The van der Waals surface area contributed by atoms with Crippen LogP contribution in [0.3, 0.4) is 0 Å². The summed E-state index contributed by atoms with van der Waals surface area (Å²) in [7, 11) is 0. The number of hydrogen-bond donors (Lipinski definition) is 2. The van der Waals surface area contributed by atoms with Gasteiger partial charge in [-0.2, -0.15) is 0 Å². The molecule has 3 heteroatoms. The van der Waals surface area contributed by atoms with Gasteiger partial charge in [-0.15, -0.1) is 0 Å². The maximum absolute atomic E-state index is 3.09.